The lowest BCUT2D eigenvalue weighted by atomic mass is 9.88. The van der Waals surface area contributed by atoms with Crippen molar-refractivity contribution in [1.82, 2.24) is 0 Å². The van der Waals surface area contributed by atoms with E-state index in [1.165, 1.54) is 18.3 Å². The Hall–Kier alpha value is -2.66. The van der Waals surface area contributed by atoms with Gasteiger partial charge in [-0.1, -0.05) is 17.7 Å². The van der Waals surface area contributed by atoms with Crippen LogP contribution in [0.2, 0.25) is 5.02 Å². The fourth-order valence-corrected chi connectivity index (χ4v) is 3.89. The Kier molecular flexibility index (Phi) is 5.31. The predicted molar refractivity (Wildman–Crippen MR) is 113 cm³/mol. The minimum atomic E-state index is -1.13. The molecule has 1 N–H and O–H groups in total. The summed E-state index contributed by atoms with van der Waals surface area (Å²) in [5, 5.41) is 9.30. The van der Waals surface area contributed by atoms with Crippen LogP contribution in [-0.2, 0) is 0 Å². The molecular formula is C22H22ClFN2O2. The SMILES string of the molecule is CCN1c2cc(F)c(C=Nc3ccc(Cl)c(C(=O)O)c3)cc2C(C)=CC1(C)C. The first-order valence-electron chi connectivity index (χ1n) is 9.02. The van der Waals surface area contributed by atoms with Crippen LogP contribution < -0.4 is 4.90 Å². The fourth-order valence-electron chi connectivity index (χ4n) is 3.69. The van der Waals surface area contributed by atoms with Crippen LogP contribution in [0.15, 0.2) is 41.4 Å². The van der Waals surface area contributed by atoms with Gasteiger partial charge in [-0.05, 0) is 63.6 Å². The normalized spacial score (nSPS) is 15.5. The van der Waals surface area contributed by atoms with E-state index in [9.17, 15) is 9.18 Å². The Morgan fingerprint density at radius 2 is 2.04 bits per heavy atom. The number of benzene rings is 2. The average molecular weight is 401 g/mol. The van der Waals surface area contributed by atoms with E-state index in [0.717, 1.165) is 23.4 Å². The molecule has 0 saturated heterocycles. The van der Waals surface area contributed by atoms with Crippen LogP contribution in [0.1, 0.15) is 49.2 Å². The summed E-state index contributed by atoms with van der Waals surface area (Å²) in [6.07, 6.45) is 3.59. The van der Waals surface area contributed by atoms with Gasteiger partial charge >= 0.3 is 5.97 Å². The Morgan fingerprint density at radius 3 is 2.68 bits per heavy atom. The molecule has 28 heavy (non-hydrogen) atoms. The van der Waals surface area contributed by atoms with E-state index >= 15 is 0 Å². The highest BCUT2D eigenvalue weighted by atomic mass is 35.5. The topological polar surface area (TPSA) is 52.9 Å². The first kappa shape index (κ1) is 20.1. The van der Waals surface area contributed by atoms with E-state index < -0.39 is 5.97 Å². The lowest BCUT2D eigenvalue weighted by Gasteiger charge is -2.42. The number of hydrogen-bond acceptors (Lipinski definition) is 3. The minimum Gasteiger partial charge on any atom is -0.478 e. The minimum absolute atomic E-state index is 0.0400. The van der Waals surface area contributed by atoms with Crippen molar-refractivity contribution in [3.8, 4) is 0 Å². The maximum absolute atomic E-state index is 14.8. The first-order valence-corrected chi connectivity index (χ1v) is 9.39. The number of aromatic carboxylic acids is 1. The predicted octanol–water partition coefficient (Wildman–Crippen LogP) is 5.95. The highest BCUT2D eigenvalue weighted by molar-refractivity contribution is 6.33. The summed E-state index contributed by atoms with van der Waals surface area (Å²) in [4.78, 5) is 17.6. The zero-order valence-corrected chi connectivity index (χ0v) is 17.0. The van der Waals surface area contributed by atoms with Crippen molar-refractivity contribution in [1.29, 1.82) is 0 Å². The number of fused-ring (bicyclic) bond motifs is 1. The smallest absolute Gasteiger partial charge is 0.337 e. The molecule has 4 nitrogen and oxygen atoms in total. The van der Waals surface area contributed by atoms with Crippen molar-refractivity contribution in [2.75, 3.05) is 11.4 Å². The Bertz CT molecular complexity index is 1010. The monoisotopic (exact) mass is 400 g/mol. The van der Waals surface area contributed by atoms with Crippen molar-refractivity contribution in [2.24, 2.45) is 4.99 Å². The zero-order chi connectivity index (χ0) is 20.6. The number of allylic oxidation sites excluding steroid dienone is 1. The van der Waals surface area contributed by atoms with Crippen molar-refractivity contribution < 1.29 is 14.3 Å². The van der Waals surface area contributed by atoms with Gasteiger partial charge in [0.25, 0.3) is 0 Å². The van der Waals surface area contributed by atoms with E-state index in [-0.39, 0.29) is 21.9 Å². The molecule has 0 saturated carbocycles. The molecule has 0 radical (unpaired) electrons. The Balaban J connectivity index is 2.02. The molecule has 3 rings (SSSR count). The highest BCUT2D eigenvalue weighted by Gasteiger charge is 2.30. The summed E-state index contributed by atoms with van der Waals surface area (Å²) in [6.45, 7) is 9.05. The third-order valence-electron chi connectivity index (χ3n) is 4.95. The standard InChI is InChI=1S/C22H22ClFN2O2/c1-5-26-20-10-19(24)14(8-16(20)13(2)11-22(26,3)4)12-25-15-6-7-18(23)17(9-15)21(27)28/h6-12H,5H2,1-4H3,(H,27,28). The van der Waals surface area contributed by atoms with E-state index in [4.69, 9.17) is 16.7 Å². The second-order valence-electron chi connectivity index (χ2n) is 7.34. The molecule has 0 aliphatic carbocycles. The van der Waals surface area contributed by atoms with Crippen LogP contribution in [-0.4, -0.2) is 29.4 Å². The van der Waals surface area contributed by atoms with Gasteiger partial charge in [0.2, 0.25) is 0 Å². The third-order valence-corrected chi connectivity index (χ3v) is 5.27. The van der Waals surface area contributed by atoms with Crippen LogP contribution in [0.3, 0.4) is 0 Å². The van der Waals surface area contributed by atoms with E-state index in [1.54, 1.807) is 18.2 Å². The summed E-state index contributed by atoms with van der Waals surface area (Å²) >= 11 is 5.88. The molecule has 1 aliphatic rings. The number of carboxylic acids is 1. The van der Waals surface area contributed by atoms with E-state index in [2.05, 4.69) is 29.8 Å². The van der Waals surface area contributed by atoms with Gasteiger partial charge in [-0.2, -0.15) is 0 Å². The van der Waals surface area contributed by atoms with Crippen LogP contribution in [0.4, 0.5) is 15.8 Å². The molecule has 0 atom stereocenters. The van der Waals surface area contributed by atoms with Crippen LogP contribution in [0.5, 0.6) is 0 Å². The van der Waals surface area contributed by atoms with Gasteiger partial charge in [-0.15, -0.1) is 0 Å². The molecule has 0 aromatic heterocycles. The lowest BCUT2D eigenvalue weighted by Crippen LogP contribution is -2.45. The van der Waals surface area contributed by atoms with E-state index in [1.807, 2.05) is 13.8 Å². The van der Waals surface area contributed by atoms with E-state index in [0.29, 0.717) is 11.3 Å². The number of carboxylic acid groups (broad SMARTS) is 1. The number of nitrogens with zero attached hydrogens (tertiary/aromatic N) is 2. The fraction of sp³-hybridized carbons (Fsp3) is 0.273. The summed E-state index contributed by atoms with van der Waals surface area (Å²) < 4.78 is 14.8. The number of likely N-dealkylation sites (N-methyl/N-ethyl adjacent to an activating group) is 1. The molecule has 0 unspecified atom stereocenters. The molecule has 2 aromatic rings. The van der Waals surface area contributed by atoms with Gasteiger partial charge in [0.05, 0.1) is 21.8 Å². The number of halogens is 2. The number of hydrogen-bond donors (Lipinski definition) is 1. The zero-order valence-electron chi connectivity index (χ0n) is 16.3. The molecule has 0 spiro atoms. The third kappa shape index (κ3) is 3.67. The van der Waals surface area contributed by atoms with Gasteiger partial charge in [0.1, 0.15) is 5.82 Å². The maximum Gasteiger partial charge on any atom is 0.337 e. The molecule has 0 bridgehead atoms. The summed E-state index contributed by atoms with van der Waals surface area (Å²) in [7, 11) is 0. The molecule has 0 fully saturated rings. The summed E-state index contributed by atoms with van der Waals surface area (Å²) in [5.41, 5.74) is 3.41. The van der Waals surface area contributed by atoms with Crippen LogP contribution >= 0.6 is 11.6 Å². The van der Waals surface area contributed by atoms with Gasteiger partial charge in [-0.25, -0.2) is 9.18 Å². The Morgan fingerprint density at radius 1 is 1.32 bits per heavy atom. The largest absolute Gasteiger partial charge is 0.478 e. The maximum atomic E-state index is 14.8. The molecule has 1 aliphatic heterocycles. The summed E-state index contributed by atoms with van der Waals surface area (Å²) in [6, 6.07) is 7.75. The van der Waals surface area contributed by atoms with Crippen LogP contribution in [0.25, 0.3) is 5.57 Å². The van der Waals surface area contributed by atoms with Crippen LogP contribution in [0, 0.1) is 5.82 Å². The number of aliphatic imine (C=N–C) groups is 1. The van der Waals surface area contributed by atoms with Gasteiger partial charge in [0, 0.05) is 29.6 Å². The molecular weight excluding hydrogens is 379 g/mol. The molecule has 0 amide bonds. The van der Waals surface area contributed by atoms with Gasteiger partial charge < -0.3 is 10.0 Å². The van der Waals surface area contributed by atoms with Crippen molar-refractivity contribution >= 4 is 40.7 Å². The van der Waals surface area contributed by atoms with Crippen molar-refractivity contribution in [3.05, 3.63) is 63.9 Å². The Labute approximate surface area is 169 Å². The number of anilines is 1. The second kappa shape index (κ2) is 7.40. The molecule has 1 heterocycles. The molecule has 146 valence electrons. The average Bonchev–Trinajstić information content (AvgIpc) is 2.60. The van der Waals surface area contributed by atoms with Crippen molar-refractivity contribution in [2.45, 2.75) is 33.2 Å². The summed E-state index contributed by atoms with van der Waals surface area (Å²) in [5.74, 6) is -1.51. The number of carbonyl (C=O) groups is 1. The number of rotatable bonds is 4. The van der Waals surface area contributed by atoms with Crippen molar-refractivity contribution in [3.63, 3.8) is 0 Å². The second-order valence-corrected chi connectivity index (χ2v) is 7.75. The molecule has 2 aromatic carbocycles. The quantitative estimate of drug-likeness (QED) is 0.645. The lowest BCUT2D eigenvalue weighted by molar-refractivity contribution is 0.0697. The highest BCUT2D eigenvalue weighted by Crippen LogP contribution is 2.39. The first-order chi connectivity index (χ1) is 13.1. The van der Waals surface area contributed by atoms with Gasteiger partial charge in [0.15, 0.2) is 0 Å². The molecule has 6 heteroatoms. The van der Waals surface area contributed by atoms with Gasteiger partial charge in [-0.3, -0.25) is 4.99 Å².